The van der Waals surface area contributed by atoms with Crippen LogP contribution >= 0.6 is 11.3 Å². The first-order valence-electron chi connectivity index (χ1n) is 19.4. The molecule has 5 atom stereocenters. The smallest absolute Gasteiger partial charge is 0.259 e. The van der Waals surface area contributed by atoms with Gasteiger partial charge in [-0.15, -0.1) is 11.3 Å². The van der Waals surface area contributed by atoms with E-state index in [1.54, 1.807) is 14.0 Å². The first kappa shape index (κ1) is 39.2. The van der Waals surface area contributed by atoms with Crippen molar-refractivity contribution in [2.24, 2.45) is 5.92 Å². The van der Waals surface area contributed by atoms with E-state index in [0.29, 0.717) is 42.2 Å². The number of sulfonamides is 1. The molecule has 7 rings (SSSR count). The van der Waals surface area contributed by atoms with E-state index in [2.05, 4.69) is 23.9 Å². The fourth-order valence-electron chi connectivity index (χ4n) is 7.54. The number of nitrogens with zero attached hydrogens (tertiary/aromatic N) is 3. The number of carbonyl (C=O) groups is 3. The molecule has 2 aliphatic carbocycles. The van der Waals surface area contributed by atoms with Crippen molar-refractivity contribution < 1.29 is 37.0 Å². The highest BCUT2D eigenvalue weighted by atomic mass is 32.2. The van der Waals surface area contributed by atoms with Crippen molar-refractivity contribution in [2.45, 2.75) is 120 Å². The third-order valence-electron chi connectivity index (χ3n) is 11.2. The van der Waals surface area contributed by atoms with Crippen molar-refractivity contribution in [3.8, 4) is 22.2 Å². The lowest BCUT2D eigenvalue weighted by Crippen LogP contribution is -2.57. The molecule has 4 aliphatic rings. The normalized spacial score (nSPS) is 27.2. The molecule has 3 amide bonds. The van der Waals surface area contributed by atoms with Crippen molar-refractivity contribution in [1.82, 2.24) is 24.9 Å². The summed E-state index contributed by atoms with van der Waals surface area (Å²) in [6, 6.07) is 4.60. The van der Waals surface area contributed by atoms with Crippen molar-refractivity contribution in [3.63, 3.8) is 0 Å². The Morgan fingerprint density at radius 1 is 1.13 bits per heavy atom. The van der Waals surface area contributed by atoms with Gasteiger partial charge in [0.2, 0.25) is 15.9 Å². The molecule has 2 N–H and O–H groups in total. The predicted octanol–water partition coefficient (Wildman–Crippen LogP) is 5.56. The number of methoxy groups -OCH3 is 1. The van der Waals surface area contributed by atoms with E-state index in [0.717, 1.165) is 53.8 Å². The summed E-state index contributed by atoms with van der Waals surface area (Å²) in [4.78, 5) is 53.6. The highest BCUT2D eigenvalue weighted by Gasteiger charge is 2.62. The number of rotatable bonds is 8. The van der Waals surface area contributed by atoms with Gasteiger partial charge in [-0.2, -0.15) is 0 Å². The minimum Gasteiger partial charge on any atom is -0.496 e. The second-order valence-electron chi connectivity index (χ2n) is 15.6. The minimum atomic E-state index is -3.86. The summed E-state index contributed by atoms with van der Waals surface area (Å²) >= 11 is 1.50. The fraction of sp³-hybridized carbons (Fsp3) is 0.575. The second kappa shape index (κ2) is 15.8. The molecule has 13 nitrogen and oxygen atoms in total. The molecular weight excluding hydrogens is 743 g/mol. The number of thiazole rings is 1. The van der Waals surface area contributed by atoms with Gasteiger partial charge in [-0.1, -0.05) is 38.8 Å². The van der Waals surface area contributed by atoms with Crippen molar-refractivity contribution in [2.75, 3.05) is 20.3 Å². The third-order valence-corrected chi connectivity index (χ3v) is 13.9. The van der Waals surface area contributed by atoms with E-state index in [9.17, 15) is 22.8 Å². The van der Waals surface area contributed by atoms with Gasteiger partial charge in [0.1, 0.15) is 46.0 Å². The number of benzene rings is 1. The van der Waals surface area contributed by atoms with Crippen LogP contribution in [0.25, 0.3) is 21.6 Å². The molecule has 2 saturated carbocycles. The zero-order chi connectivity index (χ0) is 39.1. The molecule has 2 aliphatic heterocycles. The van der Waals surface area contributed by atoms with Gasteiger partial charge < -0.3 is 24.4 Å². The van der Waals surface area contributed by atoms with Crippen LogP contribution in [0.2, 0.25) is 0 Å². The average molecular weight is 794 g/mol. The molecule has 2 aromatic heterocycles. The maximum absolute atomic E-state index is 14.4. The van der Waals surface area contributed by atoms with E-state index < -0.39 is 50.9 Å². The van der Waals surface area contributed by atoms with E-state index in [-0.39, 0.29) is 37.1 Å². The predicted molar refractivity (Wildman–Crippen MR) is 209 cm³/mol. The molecule has 0 spiro atoms. The van der Waals surface area contributed by atoms with Crippen LogP contribution in [-0.4, -0.2) is 90.3 Å². The Bertz CT molecular complexity index is 2100. The van der Waals surface area contributed by atoms with Crippen molar-refractivity contribution >= 4 is 50.0 Å². The summed E-state index contributed by atoms with van der Waals surface area (Å²) < 4.78 is 46.4. The number of aryl methyl sites for hydroxylation is 1. The number of amides is 3. The van der Waals surface area contributed by atoms with Crippen LogP contribution in [0.4, 0.5) is 0 Å². The SMILES string of the molecule is COc1ccc2c(O[C@@H]3C[C@H]4C(=O)N[C@]5(C(=O)NS(=O)(=O)C6CC6)C[C@H]5/C=C\CCCCCCO[C@H](C)C(=O)N4C3)cc(-c3nc(C(C)C)cs3)nc2c1C. The molecule has 1 saturated heterocycles. The van der Waals surface area contributed by atoms with Crippen LogP contribution in [0.1, 0.15) is 95.7 Å². The molecule has 15 heteroatoms. The first-order chi connectivity index (χ1) is 26.3. The van der Waals surface area contributed by atoms with Crippen LogP contribution in [-0.2, 0) is 29.1 Å². The van der Waals surface area contributed by atoms with Gasteiger partial charge in [-0.25, -0.2) is 18.4 Å². The highest BCUT2D eigenvalue weighted by Crippen LogP contribution is 2.46. The van der Waals surface area contributed by atoms with Gasteiger partial charge in [-0.3, -0.25) is 19.1 Å². The Balaban J connectivity index is 1.21. The number of nitrogens with one attached hydrogen (secondary N) is 2. The molecule has 0 bridgehead atoms. The Morgan fingerprint density at radius 2 is 1.91 bits per heavy atom. The van der Waals surface area contributed by atoms with E-state index >= 15 is 0 Å². The second-order valence-corrected chi connectivity index (χ2v) is 18.4. The third kappa shape index (κ3) is 8.24. The topological polar surface area (TPSA) is 166 Å². The molecule has 3 fully saturated rings. The van der Waals surface area contributed by atoms with Crippen LogP contribution in [0, 0.1) is 12.8 Å². The van der Waals surface area contributed by atoms with E-state index in [1.807, 2.05) is 42.7 Å². The van der Waals surface area contributed by atoms with Gasteiger partial charge in [0, 0.05) is 41.3 Å². The standard InChI is InChI=1S/C40H51N5O8S2/c1-23(2)31-22-54-37(42-31)30-19-34(29-15-16-33(51-5)24(3)35(29)41-30)53-27-18-32-36(46)43-40(39(48)44-55(49,50)28-13-14-28)20-26(40)12-10-8-6-7-9-11-17-52-25(4)38(47)45(32)21-27/h10,12,15-16,19,22-23,25-28,32H,6-9,11,13-14,17-18,20-21H2,1-5H3,(H,43,46)(H,44,48)/b12-10-/t25-,26-,27-,32+,40-/m1/s1. The van der Waals surface area contributed by atoms with E-state index in [1.165, 1.54) is 16.2 Å². The van der Waals surface area contributed by atoms with Gasteiger partial charge in [0.15, 0.2) is 0 Å². The Hall–Kier alpha value is -4.08. The number of ether oxygens (including phenoxy) is 3. The summed E-state index contributed by atoms with van der Waals surface area (Å²) in [5.74, 6) is -0.590. The quantitative estimate of drug-likeness (QED) is 0.276. The van der Waals surface area contributed by atoms with Crippen LogP contribution in [0.5, 0.6) is 11.5 Å². The number of fused-ring (bicyclic) bond motifs is 3. The lowest BCUT2D eigenvalue weighted by Gasteiger charge is -2.28. The maximum atomic E-state index is 14.4. The maximum Gasteiger partial charge on any atom is 0.259 e. The molecule has 296 valence electrons. The van der Waals surface area contributed by atoms with Gasteiger partial charge in [0.25, 0.3) is 11.8 Å². The van der Waals surface area contributed by atoms with Crippen molar-refractivity contribution in [3.05, 3.63) is 47.0 Å². The molecule has 55 heavy (non-hydrogen) atoms. The zero-order valence-corrected chi connectivity index (χ0v) is 33.8. The summed E-state index contributed by atoms with van der Waals surface area (Å²) in [7, 11) is -2.25. The van der Waals surface area contributed by atoms with Crippen LogP contribution in [0.15, 0.2) is 35.7 Å². The summed E-state index contributed by atoms with van der Waals surface area (Å²) in [6.45, 7) is 8.31. The Morgan fingerprint density at radius 3 is 2.64 bits per heavy atom. The molecule has 0 unspecified atom stereocenters. The molecule has 0 radical (unpaired) electrons. The van der Waals surface area contributed by atoms with Gasteiger partial charge >= 0.3 is 0 Å². The van der Waals surface area contributed by atoms with E-state index in [4.69, 9.17) is 24.2 Å². The summed E-state index contributed by atoms with van der Waals surface area (Å²) in [5.41, 5.74) is 1.66. The molecule has 3 aromatic rings. The number of hydrogen-bond donors (Lipinski definition) is 2. The first-order valence-corrected chi connectivity index (χ1v) is 21.8. The van der Waals surface area contributed by atoms with Crippen LogP contribution < -0.4 is 19.5 Å². The summed E-state index contributed by atoms with van der Waals surface area (Å²) in [6.07, 6.45) is 8.34. The number of allylic oxidation sites excluding steroid dienone is 1. The number of aromatic nitrogens is 2. The molecule has 4 heterocycles. The van der Waals surface area contributed by atoms with Gasteiger partial charge in [-0.05, 0) is 70.4 Å². The average Bonchev–Trinajstić information content (AvgIpc) is 4.03. The summed E-state index contributed by atoms with van der Waals surface area (Å²) in [5, 5.41) is 5.85. The lowest BCUT2D eigenvalue weighted by molar-refractivity contribution is -0.147. The Labute approximate surface area is 326 Å². The number of carbonyl (C=O) groups excluding carboxylic acids is 3. The monoisotopic (exact) mass is 793 g/mol. The van der Waals surface area contributed by atoms with Gasteiger partial charge in [0.05, 0.1) is 30.1 Å². The zero-order valence-electron chi connectivity index (χ0n) is 32.1. The highest BCUT2D eigenvalue weighted by molar-refractivity contribution is 7.91. The fourth-order valence-corrected chi connectivity index (χ4v) is 9.85. The minimum absolute atomic E-state index is 0.0895. The van der Waals surface area contributed by atoms with Crippen molar-refractivity contribution in [1.29, 1.82) is 0 Å². The lowest BCUT2D eigenvalue weighted by atomic mass is 10.1. The molecular formula is C40H51N5O8S2. The molecule has 1 aromatic carbocycles. The van der Waals surface area contributed by atoms with Crippen LogP contribution in [0.3, 0.4) is 0 Å². The number of pyridine rings is 1. The largest absolute Gasteiger partial charge is 0.496 e. The Kier molecular flexibility index (Phi) is 11.3. The number of hydrogen-bond acceptors (Lipinski definition) is 11.